The maximum atomic E-state index is 12.8. The topological polar surface area (TPSA) is 86.7 Å². The third kappa shape index (κ3) is 2.76. The summed E-state index contributed by atoms with van der Waals surface area (Å²) in [6.07, 6.45) is 2.96. The molecule has 0 saturated carbocycles. The Labute approximate surface area is 141 Å². The molecule has 0 atom stereocenters. The van der Waals surface area contributed by atoms with E-state index in [9.17, 15) is 9.59 Å². The van der Waals surface area contributed by atoms with E-state index in [4.69, 9.17) is 9.15 Å². The summed E-state index contributed by atoms with van der Waals surface area (Å²) in [5, 5.41) is 4.52. The molecule has 0 aliphatic rings. The van der Waals surface area contributed by atoms with Crippen molar-refractivity contribution in [3.63, 3.8) is 0 Å². The van der Waals surface area contributed by atoms with Gasteiger partial charge in [-0.2, -0.15) is 9.78 Å². The van der Waals surface area contributed by atoms with Gasteiger partial charge in [0.05, 0.1) is 24.5 Å². The van der Waals surface area contributed by atoms with Crippen LogP contribution in [0.1, 0.15) is 33.7 Å². The molecular weight excluding hydrogens is 330 g/mol. The van der Waals surface area contributed by atoms with Crippen LogP contribution in [0.4, 0.5) is 0 Å². The number of hydrogen-bond acceptors (Lipinski definition) is 7. The summed E-state index contributed by atoms with van der Waals surface area (Å²) in [6, 6.07) is 3.46. The van der Waals surface area contributed by atoms with Crippen LogP contribution in [0.3, 0.4) is 0 Å². The number of hydrogen-bond donors (Lipinski definition) is 0. The lowest BCUT2D eigenvalue weighted by Crippen LogP contribution is -2.20. The zero-order valence-electron chi connectivity index (χ0n) is 13.4. The van der Waals surface area contributed by atoms with Gasteiger partial charge in [-0.05, 0) is 38.5 Å². The Balaban J connectivity index is 2.14. The summed E-state index contributed by atoms with van der Waals surface area (Å²) in [5.41, 5.74) is 0.234. The quantitative estimate of drug-likeness (QED) is 0.536. The molecule has 0 saturated heterocycles. The van der Waals surface area contributed by atoms with Crippen LogP contribution in [-0.4, -0.2) is 28.5 Å². The van der Waals surface area contributed by atoms with Crippen LogP contribution in [0.15, 0.2) is 32.7 Å². The molecule has 0 radical (unpaired) electrons. The number of esters is 1. The molecule has 0 bridgehead atoms. The predicted octanol–water partition coefficient (Wildman–Crippen LogP) is 2.73. The van der Waals surface area contributed by atoms with E-state index in [1.807, 2.05) is 0 Å². The van der Waals surface area contributed by atoms with E-state index in [0.29, 0.717) is 32.2 Å². The molecule has 0 aliphatic carbocycles. The number of rotatable bonds is 4. The van der Waals surface area contributed by atoms with Gasteiger partial charge in [0, 0.05) is 0 Å². The SMILES string of the molecule is CCOC(=O)c1sc2nc(C)n(N=Cc3ccco3)c(=O)c2c1C. The van der Waals surface area contributed by atoms with E-state index >= 15 is 0 Å². The molecule has 0 fully saturated rings. The smallest absolute Gasteiger partial charge is 0.348 e. The molecule has 0 spiro atoms. The van der Waals surface area contributed by atoms with Gasteiger partial charge in [-0.3, -0.25) is 4.79 Å². The van der Waals surface area contributed by atoms with E-state index in [2.05, 4.69) is 10.1 Å². The van der Waals surface area contributed by atoms with E-state index in [1.54, 1.807) is 32.9 Å². The summed E-state index contributed by atoms with van der Waals surface area (Å²) < 4.78 is 11.4. The monoisotopic (exact) mass is 345 g/mol. The number of carbonyl (C=O) groups excluding carboxylic acids is 1. The van der Waals surface area contributed by atoms with Crippen molar-refractivity contribution in [2.75, 3.05) is 6.61 Å². The second kappa shape index (κ2) is 6.40. The fourth-order valence-electron chi connectivity index (χ4n) is 2.28. The normalized spacial score (nSPS) is 11.5. The third-order valence-corrected chi connectivity index (χ3v) is 4.57. The van der Waals surface area contributed by atoms with Crippen LogP contribution >= 0.6 is 11.3 Å². The summed E-state index contributed by atoms with van der Waals surface area (Å²) >= 11 is 1.16. The number of nitrogens with zero attached hydrogens (tertiary/aromatic N) is 3. The molecule has 0 aliphatic heterocycles. The molecule has 3 rings (SSSR count). The van der Waals surface area contributed by atoms with Gasteiger partial charge in [-0.25, -0.2) is 9.78 Å². The van der Waals surface area contributed by atoms with Crippen molar-refractivity contribution in [3.8, 4) is 0 Å². The second-order valence-corrected chi connectivity index (χ2v) is 5.99. The number of aryl methyl sites for hydroxylation is 2. The van der Waals surface area contributed by atoms with Crippen molar-refractivity contribution in [2.24, 2.45) is 5.10 Å². The van der Waals surface area contributed by atoms with Crippen LogP contribution in [0, 0.1) is 13.8 Å². The van der Waals surface area contributed by atoms with Crippen molar-refractivity contribution in [1.29, 1.82) is 0 Å². The minimum absolute atomic E-state index is 0.274. The van der Waals surface area contributed by atoms with Crippen LogP contribution in [0.2, 0.25) is 0 Å². The van der Waals surface area contributed by atoms with Crippen molar-refractivity contribution in [1.82, 2.24) is 9.66 Å². The Kier molecular flexibility index (Phi) is 4.30. The van der Waals surface area contributed by atoms with Crippen molar-refractivity contribution in [3.05, 3.63) is 50.8 Å². The molecule has 24 heavy (non-hydrogen) atoms. The predicted molar refractivity (Wildman–Crippen MR) is 91.0 cm³/mol. The first-order valence-corrected chi connectivity index (χ1v) is 8.12. The van der Waals surface area contributed by atoms with Crippen molar-refractivity contribution >= 4 is 33.7 Å². The lowest BCUT2D eigenvalue weighted by atomic mass is 10.2. The summed E-state index contributed by atoms with van der Waals surface area (Å²) in [7, 11) is 0. The molecule has 7 nitrogen and oxygen atoms in total. The highest BCUT2D eigenvalue weighted by Gasteiger charge is 2.21. The standard InChI is InChI=1S/C16H15N3O4S/c1-4-22-16(21)13-9(2)12-14(24-13)18-10(3)19(15(12)20)17-8-11-6-5-7-23-11/h5-8H,4H2,1-3H3. The first kappa shape index (κ1) is 16.1. The Bertz CT molecular complexity index is 983. The third-order valence-electron chi connectivity index (χ3n) is 3.41. The number of fused-ring (bicyclic) bond motifs is 1. The molecule has 3 aromatic rings. The first-order valence-electron chi connectivity index (χ1n) is 7.30. The average Bonchev–Trinajstić information content (AvgIpc) is 3.15. The second-order valence-electron chi connectivity index (χ2n) is 4.99. The Morgan fingerprint density at radius 2 is 2.29 bits per heavy atom. The van der Waals surface area contributed by atoms with Crippen LogP contribution < -0.4 is 5.56 Å². The lowest BCUT2D eigenvalue weighted by molar-refractivity contribution is 0.0531. The number of thiophene rings is 1. The van der Waals surface area contributed by atoms with Gasteiger partial charge in [-0.1, -0.05) is 0 Å². The number of furan rings is 1. The number of ether oxygens (including phenoxy) is 1. The largest absolute Gasteiger partial charge is 0.463 e. The van der Waals surface area contributed by atoms with Gasteiger partial charge in [0.25, 0.3) is 5.56 Å². The molecule has 3 aromatic heterocycles. The molecule has 0 unspecified atom stereocenters. The lowest BCUT2D eigenvalue weighted by Gasteiger charge is -2.02. The highest BCUT2D eigenvalue weighted by Crippen LogP contribution is 2.28. The van der Waals surface area contributed by atoms with Gasteiger partial charge in [0.15, 0.2) is 0 Å². The summed E-state index contributed by atoms with van der Waals surface area (Å²) in [5.74, 6) is 0.503. The van der Waals surface area contributed by atoms with Gasteiger partial charge >= 0.3 is 5.97 Å². The molecule has 124 valence electrons. The molecule has 0 N–H and O–H groups in total. The summed E-state index contributed by atoms with van der Waals surface area (Å²) in [6.45, 7) is 5.40. The van der Waals surface area contributed by atoms with Crippen LogP contribution in [-0.2, 0) is 4.74 Å². The fourth-order valence-corrected chi connectivity index (χ4v) is 3.39. The maximum absolute atomic E-state index is 12.8. The Morgan fingerprint density at radius 1 is 1.50 bits per heavy atom. The average molecular weight is 345 g/mol. The van der Waals surface area contributed by atoms with Crippen molar-refractivity contribution in [2.45, 2.75) is 20.8 Å². The molecule has 8 heteroatoms. The van der Waals surface area contributed by atoms with Gasteiger partial charge in [0.1, 0.15) is 21.3 Å². The van der Waals surface area contributed by atoms with Crippen molar-refractivity contribution < 1.29 is 13.9 Å². The van der Waals surface area contributed by atoms with E-state index < -0.39 is 5.97 Å². The molecule has 0 aromatic carbocycles. The highest BCUT2D eigenvalue weighted by molar-refractivity contribution is 7.20. The van der Waals surface area contributed by atoms with E-state index in [0.717, 1.165) is 11.3 Å². The molecule has 0 amide bonds. The molecule has 3 heterocycles. The van der Waals surface area contributed by atoms with Crippen LogP contribution in [0.5, 0.6) is 0 Å². The fraction of sp³-hybridized carbons (Fsp3) is 0.250. The highest BCUT2D eigenvalue weighted by atomic mass is 32.1. The zero-order valence-corrected chi connectivity index (χ0v) is 14.2. The Morgan fingerprint density at radius 3 is 2.96 bits per heavy atom. The molecular formula is C16H15N3O4S. The number of aromatic nitrogens is 2. The van der Waals surface area contributed by atoms with E-state index in [1.165, 1.54) is 17.2 Å². The Hall–Kier alpha value is -2.74. The zero-order chi connectivity index (χ0) is 17.3. The van der Waals surface area contributed by atoms with Gasteiger partial charge in [-0.15, -0.1) is 11.3 Å². The minimum Gasteiger partial charge on any atom is -0.463 e. The van der Waals surface area contributed by atoms with Crippen LogP contribution in [0.25, 0.3) is 10.2 Å². The minimum atomic E-state index is -0.444. The summed E-state index contributed by atoms with van der Waals surface area (Å²) in [4.78, 5) is 30.0. The first-order chi connectivity index (χ1) is 11.5. The maximum Gasteiger partial charge on any atom is 0.348 e. The van der Waals surface area contributed by atoms with Gasteiger partial charge < -0.3 is 9.15 Å². The van der Waals surface area contributed by atoms with Gasteiger partial charge in [0.2, 0.25) is 0 Å². The number of carbonyl (C=O) groups is 1. The van der Waals surface area contributed by atoms with E-state index in [-0.39, 0.29) is 12.2 Å².